The Morgan fingerprint density at radius 2 is 2.33 bits per heavy atom. The molecule has 88 valence electrons. The number of rotatable bonds is 4. The molecule has 1 fully saturated rings. The molecule has 0 aromatic rings. The minimum Gasteiger partial charge on any atom is -0.450 e. The van der Waals surface area contributed by atoms with Crippen molar-refractivity contribution in [2.75, 3.05) is 19.7 Å². The zero-order valence-electron chi connectivity index (χ0n) is 9.71. The van der Waals surface area contributed by atoms with Gasteiger partial charge in [0, 0.05) is 12.6 Å². The highest BCUT2D eigenvalue weighted by molar-refractivity contribution is 5.67. The Morgan fingerprint density at radius 1 is 1.53 bits per heavy atom. The molecular formula is C11H22N2O2. The maximum absolute atomic E-state index is 11.1. The predicted octanol–water partition coefficient (Wildman–Crippen LogP) is 1.51. The van der Waals surface area contributed by atoms with E-state index in [4.69, 9.17) is 4.74 Å². The van der Waals surface area contributed by atoms with E-state index >= 15 is 0 Å². The fourth-order valence-corrected chi connectivity index (χ4v) is 2.12. The third-order valence-electron chi connectivity index (χ3n) is 2.99. The molecule has 0 aromatic carbocycles. The molecule has 4 nitrogen and oxygen atoms in total. The highest BCUT2D eigenvalue weighted by Crippen LogP contribution is 2.19. The van der Waals surface area contributed by atoms with Crippen molar-refractivity contribution in [2.45, 2.75) is 39.2 Å². The van der Waals surface area contributed by atoms with E-state index < -0.39 is 0 Å². The van der Waals surface area contributed by atoms with Crippen molar-refractivity contribution in [2.24, 2.45) is 5.92 Å². The average molecular weight is 214 g/mol. The molecule has 1 amide bonds. The smallest absolute Gasteiger partial charge is 0.407 e. The number of piperidine rings is 1. The fraction of sp³-hybridized carbons (Fsp3) is 0.909. The molecule has 0 saturated carbocycles. The molecule has 2 atom stereocenters. The number of amides is 1. The van der Waals surface area contributed by atoms with Gasteiger partial charge >= 0.3 is 6.09 Å². The molecule has 1 aliphatic heterocycles. The van der Waals surface area contributed by atoms with Gasteiger partial charge in [-0.1, -0.05) is 13.3 Å². The maximum atomic E-state index is 11.1. The van der Waals surface area contributed by atoms with Gasteiger partial charge in [0.15, 0.2) is 0 Å². The lowest BCUT2D eigenvalue weighted by atomic mass is 9.89. The molecule has 1 saturated heterocycles. The summed E-state index contributed by atoms with van der Waals surface area (Å²) in [6, 6.07) is 0.410. The first-order valence-corrected chi connectivity index (χ1v) is 5.91. The normalized spacial score (nSPS) is 26.0. The summed E-state index contributed by atoms with van der Waals surface area (Å²) in [6.07, 6.45) is 3.37. The first-order chi connectivity index (χ1) is 7.27. The highest BCUT2D eigenvalue weighted by atomic mass is 16.5. The van der Waals surface area contributed by atoms with Crippen molar-refractivity contribution >= 4 is 6.09 Å². The number of hydrogen-bond acceptors (Lipinski definition) is 3. The van der Waals surface area contributed by atoms with Crippen LogP contribution in [0.2, 0.25) is 0 Å². The summed E-state index contributed by atoms with van der Waals surface area (Å²) in [5, 5.41) is 6.24. The molecule has 1 rings (SSSR count). The van der Waals surface area contributed by atoms with Crippen LogP contribution in [0.25, 0.3) is 0 Å². The second kappa shape index (κ2) is 6.67. The van der Waals surface area contributed by atoms with Crippen molar-refractivity contribution in [1.29, 1.82) is 0 Å². The van der Waals surface area contributed by atoms with Gasteiger partial charge in [-0.3, -0.25) is 0 Å². The highest BCUT2D eigenvalue weighted by Gasteiger charge is 2.23. The SMILES string of the molecule is CCOC(=O)NCC1NCCCC1CC. The van der Waals surface area contributed by atoms with E-state index in [-0.39, 0.29) is 6.09 Å². The summed E-state index contributed by atoms with van der Waals surface area (Å²) < 4.78 is 4.82. The van der Waals surface area contributed by atoms with Gasteiger partial charge in [-0.15, -0.1) is 0 Å². The van der Waals surface area contributed by atoms with Crippen molar-refractivity contribution in [3.63, 3.8) is 0 Å². The van der Waals surface area contributed by atoms with Crippen LogP contribution in [0.1, 0.15) is 33.1 Å². The molecular weight excluding hydrogens is 192 g/mol. The van der Waals surface area contributed by atoms with E-state index in [0.29, 0.717) is 25.1 Å². The Hall–Kier alpha value is -0.770. The molecule has 4 heteroatoms. The number of carbonyl (C=O) groups excluding carboxylic acids is 1. The summed E-state index contributed by atoms with van der Waals surface area (Å²) in [7, 11) is 0. The van der Waals surface area contributed by atoms with Crippen molar-refractivity contribution < 1.29 is 9.53 Å². The lowest BCUT2D eigenvalue weighted by molar-refractivity contribution is 0.148. The first-order valence-electron chi connectivity index (χ1n) is 5.91. The van der Waals surface area contributed by atoms with Crippen molar-refractivity contribution in [1.82, 2.24) is 10.6 Å². The van der Waals surface area contributed by atoms with Crippen LogP contribution >= 0.6 is 0 Å². The van der Waals surface area contributed by atoms with E-state index in [1.165, 1.54) is 19.3 Å². The van der Waals surface area contributed by atoms with E-state index in [9.17, 15) is 4.79 Å². The first kappa shape index (κ1) is 12.3. The van der Waals surface area contributed by atoms with Gasteiger partial charge < -0.3 is 15.4 Å². The molecule has 15 heavy (non-hydrogen) atoms. The van der Waals surface area contributed by atoms with Gasteiger partial charge in [0.25, 0.3) is 0 Å². The number of ether oxygens (including phenoxy) is 1. The molecule has 0 radical (unpaired) electrons. The van der Waals surface area contributed by atoms with E-state index in [1.807, 2.05) is 6.92 Å². The minimum atomic E-state index is -0.306. The summed E-state index contributed by atoms with van der Waals surface area (Å²) in [4.78, 5) is 11.1. The monoisotopic (exact) mass is 214 g/mol. The second-order valence-electron chi connectivity index (χ2n) is 3.97. The van der Waals surface area contributed by atoms with Gasteiger partial charge in [-0.25, -0.2) is 4.79 Å². The quantitative estimate of drug-likeness (QED) is 0.746. The molecule has 0 aliphatic carbocycles. The maximum Gasteiger partial charge on any atom is 0.407 e. The van der Waals surface area contributed by atoms with Crippen LogP contribution in [0, 0.1) is 5.92 Å². The Balaban J connectivity index is 2.26. The standard InChI is InChI=1S/C11H22N2O2/c1-3-9-6-5-7-12-10(9)8-13-11(14)15-4-2/h9-10,12H,3-8H2,1-2H3,(H,13,14). The van der Waals surface area contributed by atoms with Gasteiger partial charge in [-0.05, 0) is 32.2 Å². The van der Waals surface area contributed by atoms with Crippen LogP contribution in [-0.2, 0) is 4.74 Å². The largest absolute Gasteiger partial charge is 0.450 e. The number of nitrogens with one attached hydrogen (secondary N) is 2. The fourth-order valence-electron chi connectivity index (χ4n) is 2.12. The lowest BCUT2D eigenvalue weighted by Crippen LogP contribution is -2.48. The Kier molecular flexibility index (Phi) is 5.47. The molecule has 0 spiro atoms. The molecule has 0 aromatic heterocycles. The molecule has 1 heterocycles. The lowest BCUT2D eigenvalue weighted by Gasteiger charge is -2.31. The van der Waals surface area contributed by atoms with Crippen LogP contribution in [0.3, 0.4) is 0 Å². The van der Waals surface area contributed by atoms with Gasteiger partial charge in [0.2, 0.25) is 0 Å². The van der Waals surface area contributed by atoms with E-state index in [2.05, 4.69) is 17.6 Å². The Labute approximate surface area is 91.8 Å². The van der Waals surface area contributed by atoms with Crippen LogP contribution in [0.15, 0.2) is 0 Å². The van der Waals surface area contributed by atoms with Crippen LogP contribution in [-0.4, -0.2) is 31.8 Å². The minimum absolute atomic E-state index is 0.306. The molecule has 1 aliphatic rings. The molecule has 0 bridgehead atoms. The third-order valence-corrected chi connectivity index (χ3v) is 2.99. The topological polar surface area (TPSA) is 50.4 Å². The van der Waals surface area contributed by atoms with Crippen molar-refractivity contribution in [3.05, 3.63) is 0 Å². The summed E-state index contributed by atoms with van der Waals surface area (Å²) >= 11 is 0. The van der Waals surface area contributed by atoms with Crippen molar-refractivity contribution in [3.8, 4) is 0 Å². The summed E-state index contributed by atoms with van der Waals surface area (Å²) in [5.41, 5.74) is 0. The Morgan fingerprint density at radius 3 is 3.00 bits per heavy atom. The zero-order chi connectivity index (χ0) is 11.1. The number of hydrogen-bond donors (Lipinski definition) is 2. The predicted molar refractivity (Wildman–Crippen MR) is 59.8 cm³/mol. The summed E-state index contributed by atoms with van der Waals surface area (Å²) in [5.74, 6) is 0.681. The zero-order valence-corrected chi connectivity index (χ0v) is 9.71. The number of carbonyl (C=O) groups is 1. The second-order valence-corrected chi connectivity index (χ2v) is 3.97. The van der Waals surface area contributed by atoms with Crippen LogP contribution in [0.4, 0.5) is 4.79 Å². The third kappa shape index (κ3) is 4.08. The molecule has 2 unspecified atom stereocenters. The van der Waals surface area contributed by atoms with E-state index in [0.717, 1.165) is 6.54 Å². The Bertz CT molecular complexity index is 197. The average Bonchev–Trinajstić information content (AvgIpc) is 2.27. The van der Waals surface area contributed by atoms with Crippen LogP contribution < -0.4 is 10.6 Å². The molecule has 2 N–H and O–H groups in total. The van der Waals surface area contributed by atoms with E-state index in [1.54, 1.807) is 0 Å². The van der Waals surface area contributed by atoms with Gasteiger partial charge in [0.05, 0.1) is 6.61 Å². The summed E-state index contributed by atoms with van der Waals surface area (Å²) in [6.45, 7) is 6.19. The van der Waals surface area contributed by atoms with Crippen LogP contribution in [0.5, 0.6) is 0 Å². The van der Waals surface area contributed by atoms with Gasteiger partial charge in [-0.2, -0.15) is 0 Å². The number of alkyl carbamates (subject to hydrolysis) is 1. The van der Waals surface area contributed by atoms with Gasteiger partial charge in [0.1, 0.15) is 0 Å².